The van der Waals surface area contributed by atoms with Crippen LogP contribution in [0, 0.1) is 24.7 Å². The van der Waals surface area contributed by atoms with Crippen LogP contribution >= 0.6 is 0 Å². The van der Waals surface area contributed by atoms with E-state index in [0.717, 1.165) is 16.9 Å². The second kappa shape index (κ2) is 6.47. The molecule has 3 atom stereocenters. The van der Waals surface area contributed by atoms with E-state index >= 15 is 0 Å². The smallest absolute Gasteiger partial charge is 0.410 e. The molecule has 0 radical (unpaired) electrons. The molecule has 29 heavy (non-hydrogen) atoms. The molecule has 2 aromatic heterocycles. The summed E-state index contributed by atoms with van der Waals surface area (Å²) >= 11 is 0. The van der Waals surface area contributed by atoms with Crippen molar-refractivity contribution in [2.24, 2.45) is 17.8 Å². The fraction of sp³-hybridized carbons (Fsp3) is 0.591. The molecular formula is C22H30N4O3. The van der Waals surface area contributed by atoms with Crippen LogP contribution in [-0.2, 0) is 15.1 Å². The summed E-state index contributed by atoms with van der Waals surface area (Å²) in [5, 5.41) is 3.22. The van der Waals surface area contributed by atoms with E-state index in [2.05, 4.69) is 10.3 Å². The predicted octanol–water partition coefficient (Wildman–Crippen LogP) is 3.11. The number of nitrogens with one attached hydrogen (secondary N) is 1. The lowest BCUT2D eigenvalue weighted by Gasteiger charge is -2.29. The lowest BCUT2D eigenvalue weighted by Crippen LogP contribution is -2.45. The number of imidazole rings is 1. The van der Waals surface area contributed by atoms with Gasteiger partial charge in [0, 0.05) is 37.1 Å². The molecular weight excluding hydrogens is 368 g/mol. The Morgan fingerprint density at radius 3 is 2.41 bits per heavy atom. The van der Waals surface area contributed by atoms with Crippen LogP contribution in [0.25, 0.3) is 5.65 Å². The van der Waals surface area contributed by atoms with Gasteiger partial charge < -0.3 is 19.4 Å². The van der Waals surface area contributed by atoms with E-state index in [4.69, 9.17) is 4.74 Å². The van der Waals surface area contributed by atoms with Crippen molar-refractivity contribution in [3.8, 4) is 0 Å². The van der Waals surface area contributed by atoms with Crippen molar-refractivity contribution >= 4 is 17.6 Å². The molecule has 2 aliphatic rings. The summed E-state index contributed by atoms with van der Waals surface area (Å²) in [6.45, 7) is 12.8. The average Bonchev–Trinajstić information content (AvgIpc) is 2.98. The highest BCUT2D eigenvalue weighted by atomic mass is 16.6. The van der Waals surface area contributed by atoms with Gasteiger partial charge in [0.1, 0.15) is 11.2 Å². The van der Waals surface area contributed by atoms with Gasteiger partial charge in [-0.2, -0.15) is 0 Å². The Labute approximate surface area is 171 Å². The van der Waals surface area contributed by atoms with E-state index in [1.807, 2.05) is 64.3 Å². The molecule has 1 aliphatic carbocycles. The molecule has 7 heteroatoms. The summed E-state index contributed by atoms with van der Waals surface area (Å²) in [4.78, 5) is 31.4. The number of hydrogen-bond donors (Lipinski definition) is 1. The van der Waals surface area contributed by atoms with Gasteiger partial charge in [-0.05, 0) is 65.0 Å². The van der Waals surface area contributed by atoms with Crippen LogP contribution in [0.3, 0.4) is 0 Å². The summed E-state index contributed by atoms with van der Waals surface area (Å²) in [5.41, 5.74) is 1.95. The number of piperidine rings is 1. The molecule has 0 bridgehead atoms. The number of ether oxygens (including phenoxy) is 1. The van der Waals surface area contributed by atoms with E-state index in [0.29, 0.717) is 13.1 Å². The molecule has 1 unspecified atom stereocenters. The van der Waals surface area contributed by atoms with Gasteiger partial charge in [0.05, 0.1) is 5.54 Å². The first-order valence-corrected chi connectivity index (χ1v) is 10.2. The molecule has 156 valence electrons. The summed E-state index contributed by atoms with van der Waals surface area (Å²) in [7, 11) is 0. The molecule has 1 aliphatic heterocycles. The topological polar surface area (TPSA) is 75.9 Å². The van der Waals surface area contributed by atoms with Crippen LogP contribution in [0.1, 0.15) is 45.9 Å². The molecule has 1 saturated carbocycles. The number of carbonyl (C=O) groups is 2. The van der Waals surface area contributed by atoms with Gasteiger partial charge >= 0.3 is 6.09 Å². The maximum absolute atomic E-state index is 13.0. The Morgan fingerprint density at radius 2 is 1.79 bits per heavy atom. The second-order valence-corrected chi connectivity index (χ2v) is 9.88. The Hall–Kier alpha value is -2.57. The van der Waals surface area contributed by atoms with Crippen LogP contribution in [0.15, 0.2) is 24.5 Å². The Morgan fingerprint density at radius 1 is 1.14 bits per heavy atom. The first-order valence-electron chi connectivity index (χ1n) is 10.2. The monoisotopic (exact) mass is 398 g/mol. The van der Waals surface area contributed by atoms with E-state index in [-0.39, 0.29) is 29.8 Å². The first-order chi connectivity index (χ1) is 13.5. The number of hydrogen-bond acceptors (Lipinski definition) is 4. The molecule has 1 N–H and O–H groups in total. The number of rotatable bonds is 3. The van der Waals surface area contributed by atoms with Crippen molar-refractivity contribution in [1.82, 2.24) is 19.6 Å². The van der Waals surface area contributed by atoms with Crippen molar-refractivity contribution in [3.63, 3.8) is 0 Å². The van der Waals surface area contributed by atoms with Gasteiger partial charge in [0.25, 0.3) is 0 Å². The number of carbonyl (C=O) groups excluding carboxylic acids is 2. The minimum Gasteiger partial charge on any atom is -0.444 e. The third kappa shape index (κ3) is 3.58. The van der Waals surface area contributed by atoms with Crippen LogP contribution < -0.4 is 5.32 Å². The van der Waals surface area contributed by atoms with Crippen molar-refractivity contribution in [2.45, 2.75) is 52.7 Å². The zero-order chi connectivity index (χ0) is 21.1. The van der Waals surface area contributed by atoms with Gasteiger partial charge in [-0.25, -0.2) is 9.78 Å². The first kappa shape index (κ1) is 19.7. The van der Waals surface area contributed by atoms with Gasteiger partial charge in [-0.3, -0.25) is 4.79 Å². The van der Waals surface area contributed by atoms with Crippen LogP contribution in [0.4, 0.5) is 4.79 Å². The van der Waals surface area contributed by atoms with E-state index in [9.17, 15) is 9.59 Å². The number of aryl methyl sites for hydroxylation is 1. The zero-order valence-corrected chi connectivity index (χ0v) is 18.0. The Bertz CT molecular complexity index is 960. The standard InChI is InChI=1S/C22H30N4O3/c1-13-7-8-16(26-10-9-23-18(13)26)22(5,6)24-19(27)17-14-11-25(12-15(14)17)20(28)29-21(2,3)4/h7-10,14-15,17H,11-12H2,1-6H3,(H,24,27)/t14-,15+,17?. The van der Waals surface area contributed by atoms with Gasteiger partial charge in [-0.1, -0.05) is 6.07 Å². The molecule has 1 saturated heterocycles. The fourth-order valence-corrected chi connectivity index (χ4v) is 4.50. The van der Waals surface area contributed by atoms with Crippen molar-refractivity contribution in [1.29, 1.82) is 0 Å². The highest BCUT2D eigenvalue weighted by molar-refractivity contribution is 5.84. The molecule has 2 fully saturated rings. The molecule has 0 spiro atoms. The van der Waals surface area contributed by atoms with Crippen LogP contribution in [-0.4, -0.2) is 45.0 Å². The SMILES string of the molecule is Cc1ccc(C(C)(C)NC(=O)C2[C@H]3CN(C(=O)OC(C)(C)C)C[C@@H]23)n2ccnc12. The number of pyridine rings is 1. The maximum Gasteiger partial charge on any atom is 0.410 e. The lowest BCUT2D eigenvalue weighted by molar-refractivity contribution is -0.125. The average molecular weight is 399 g/mol. The number of fused-ring (bicyclic) bond motifs is 2. The van der Waals surface area contributed by atoms with Crippen molar-refractivity contribution in [2.75, 3.05) is 13.1 Å². The minimum atomic E-state index is -0.536. The van der Waals surface area contributed by atoms with E-state index in [1.165, 1.54) is 0 Å². The zero-order valence-electron chi connectivity index (χ0n) is 18.0. The molecule has 3 heterocycles. The Balaban J connectivity index is 1.41. The third-order valence-corrected chi connectivity index (χ3v) is 5.97. The highest BCUT2D eigenvalue weighted by Crippen LogP contribution is 2.52. The molecule has 4 rings (SSSR count). The number of amides is 2. The largest absolute Gasteiger partial charge is 0.444 e. The van der Waals surface area contributed by atoms with E-state index in [1.54, 1.807) is 11.1 Å². The van der Waals surface area contributed by atoms with Gasteiger partial charge in [0.2, 0.25) is 5.91 Å². The third-order valence-electron chi connectivity index (χ3n) is 5.97. The second-order valence-electron chi connectivity index (χ2n) is 9.88. The molecule has 2 aromatic rings. The van der Waals surface area contributed by atoms with Gasteiger partial charge in [-0.15, -0.1) is 0 Å². The fourth-order valence-electron chi connectivity index (χ4n) is 4.50. The van der Waals surface area contributed by atoms with Crippen LogP contribution in [0.2, 0.25) is 0 Å². The summed E-state index contributed by atoms with van der Waals surface area (Å²) < 4.78 is 7.48. The quantitative estimate of drug-likeness (QED) is 0.862. The van der Waals surface area contributed by atoms with Crippen LogP contribution in [0.5, 0.6) is 0 Å². The van der Waals surface area contributed by atoms with Gasteiger partial charge in [0.15, 0.2) is 0 Å². The maximum atomic E-state index is 13.0. The summed E-state index contributed by atoms with van der Waals surface area (Å²) in [5.74, 6) is 0.480. The Kier molecular flexibility index (Phi) is 4.40. The van der Waals surface area contributed by atoms with Crippen molar-refractivity contribution < 1.29 is 14.3 Å². The number of likely N-dealkylation sites (tertiary alicyclic amines) is 1. The van der Waals surface area contributed by atoms with Crippen molar-refractivity contribution in [3.05, 3.63) is 35.8 Å². The number of aromatic nitrogens is 2. The normalized spacial score (nSPS) is 23.8. The van der Waals surface area contributed by atoms with E-state index < -0.39 is 11.1 Å². The highest BCUT2D eigenvalue weighted by Gasteiger charge is 2.61. The summed E-state index contributed by atoms with van der Waals surface area (Å²) in [6.07, 6.45) is 3.42. The molecule has 0 aromatic carbocycles. The molecule has 7 nitrogen and oxygen atoms in total. The summed E-state index contributed by atoms with van der Waals surface area (Å²) in [6, 6.07) is 4.08. The lowest BCUT2D eigenvalue weighted by atomic mass is 9.98. The minimum absolute atomic E-state index is 0.0308. The molecule has 2 amide bonds. The number of nitrogens with zero attached hydrogens (tertiary/aromatic N) is 3. The predicted molar refractivity (Wildman–Crippen MR) is 109 cm³/mol.